The van der Waals surface area contributed by atoms with E-state index in [4.69, 9.17) is 0 Å². The standard InChI is InChI=1S/C38H34Si2/c1-32(39(33-20-8-2-9-21-33,34-22-10-3-11-23-34)35-24-12-4-13-25-35)40(36-26-14-5-15-27-36,37-28-16-6-17-29-37)38-30-18-7-19-31-38/h2-32H,1H3. The highest BCUT2D eigenvalue weighted by Crippen LogP contribution is 2.32. The molecule has 0 aliphatic rings. The van der Waals surface area contributed by atoms with E-state index in [1.54, 1.807) is 0 Å². The molecule has 0 spiro atoms. The molecule has 194 valence electrons. The van der Waals surface area contributed by atoms with Gasteiger partial charge in [0, 0.05) is 0 Å². The molecule has 6 aromatic rings. The van der Waals surface area contributed by atoms with Gasteiger partial charge < -0.3 is 0 Å². The molecule has 0 saturated heterocycles. The summed E-state index contributed by atoms with van der Waals surface area (Å²) in [6.07, 6.45) is 0. The van der Waals surface area contributed by atoms with Crippen molar-refractivity contribution in [2.24, 2.45) is 0 Å². The van der Waals surface area contributed by atoms with Crippen LogP contribution in [0.4, 0.5) is 0 Å². The minimum atomic E-state index is -2.65. The van der Waals surface area contributed by atoms with Crippen molar-refractivity contribution in [3.8, 4) is 0 Å². The van der Waals surface area contributed by atoms with Gasteiger partial charge in [-0.05, 0) is 36.3 Å². The van der Waals surface area contributed by atoms with E-state index in [-0.39, 0.29) is 0 Å². The second-order valence-electron chi connectivity index (χ2n) is 10.5. The lowest BCUT2D eigenvalue weighted by Crippen LogP contribution is -2.81. The van der Waals surface area contributed by atoms with Crippen LogP contribution < -0.4 is 31.1 Å². The fraction of sp³-hybridized carbons (Fsp3) is 0.0526. The van der Waals surface area contributed by atoms with Crippen molar-refractivity contribution in [3.63, 3.8) is 0 Å². The van der Waals surface area contributed by atoms with Gasteiger partial charge >= 0.3 is 0 Å². The summed E-state index contributed by atoms with van der Waals surface area (Å²) >= 11 is 0. The van der Waals surface area contributed by atoms with Crippen molar-refractivity contribution in [2.75, 3.05) is 0 Å². The first-order chi connectivity index (χ1) is 19.8. The molecule has 2 heteroatoms. The van der Waals surface area contributed by atoms with Crippen molar-refractivity contribution in [1.29, 1.82) is 0 Å². The Hall–Kier alpha value is -4.25. The molecule has 0 fully saturated rings. The van der Waals surface area contributed by atoms with E-state index in [0.717, 1.165) is 0 Å². The zero-order chi connectivity index (χ0) is 27.3. The first kappa shape index (κ1) is 26.0. The highest BCUT2D eigenvalue weighted by molar-refractivity contribution is 7.27. The summed E-state index contributed by atoms with van der Waals surface area (Å²) in [6.45, 7) is 2.58. The zero-order valence-electron chi connectivity index (χ0n) is 22.9. The largest absolute Gasteiger partial charge is 0.149 e. The molecule has 6 aromatic carbocycles. The third-order valence-corrected chi connectivity index (χ3v) is 21.3. The second kappa shape index (κ2) is 11.5. The Kier molecular flexibility index (Phi) is 7.46. The van der Waals surface area contributed by atoms with Gasteiger partial charge in [0.1, 0.15) is 16.1 Å². The summed E-state index contributed by atoms with van der Waals surface area (Å²) in [4.78, 5) is 0. The fourth-order valence-electron chi connectivity index (χ4n) is 7.03. The lowest BCUT2D eigenvalue weighted by molar-refractivity contribution is 1.24. The summed E-state index contributed by atoms with van der Waals surface area (Å²) < 4.78 is 0. The van der Waals surface area contributed by atoms with Crippen LogP contribution in [-0.4, -0.2) is 16.1 Å². The Bertz CT molecular complexity index is 1300. The molecule has 0 N–H and O–H groups in total. The average Bonchev–Trinajstić information content (AvgIpc) is 3.05. The summed E-state index contributed by atoms with van der Waals surface area (Å²) in [5, 5.41) is 9.08. The molecule has 0 aromatic heterocycles. The van der Waals surface area contributed by atoms with E-state index in [1.165, 1.54) is 31.1 Å². The third-order valence-electron chi connectivity index (χ3n) is 8.67. The Morgan fingerprint density at radius 3 is 0.575 bits per heavy atom. The van der Waals surface area contributed by atoms with Gasteiger partial charge in [-0.1, -0.05) is 189 Å². The van der Waals surface area contributed by atoms with Gasteiger partial charge in [-0.3, -0.25) is 0 Å². The van der Waals surface area contributed by atoms with Crippen LogP contribution in [0.2, 0.25) is 5.16 Å². The third kappa shape index (κ3) is 4.30. The van der Waals surface area contributed by atoms with Gasteiger partial charge in [-0.2, -0.15) is 0 Å². The molecule has 0 atom stereocenters. The van der Waals surface area contributed by atoms with Gasteiger partial charge in [0.15, 0.2) is 0 Å². The highest BCUT2D eigenvalue weighted by atomic mass is 28.4. The summed E-state index contributed by atoms with van der Waals surface area (Å²) in [6, 6.07) is 68.4. The first-order valence-electron chi connectivity index (χ1n) is 14.1. The minimum absolute atomic E-state index is 0.333. The lowest BCUT2D eigenvalue weighted by atomic mass is 10.3. The molecule has 0 bridgehead atoms. The molecule has 0 unspecified atom stereocenters. The predicted octanol–water partition coefficient (Wildman–Crippen LogP) is 5.26. The van der Waals surface area contributed by atoms with Crippen molar-refractivity contribution in [1.82, 2.24) is 0 Å². The highest BCUT2D eigenvalue weighted by Gasteiger charge is 2.56. The quantitative estimate of drug-likeness (QED) is 0.181. The topological polar surface area (TPSA) is 0 Å². The van der Waals surface area contributed by atoms with Crippen LogP contribution in [-0.2, 0) is 0 Å². The molecule has 0 radical (unpaired) electrons. The molecule has 0 heterocycles. The van der Waals surface area contributed by atoms with Crippen LogP contribution in [0.15, 0.2) is 182 Å². The van der Waals surface area contributed by atoms with Gasteiger partial charge in [0.05, 0.1) is 0 Å². The Balaban J connectivity index is 1.81. The molecule has 0 nitrogen and oxygen atoms in total. The van der Waals surface area contributed by atoms with Crippen LogP contribution >= 0.6 is 0 Å². The van der Waals surface area contributed by atoms with E-state index < -0.39 is 16.1 Å². The number of rotatable bonds is 8. The Morgan fingerprint density at radius 1 is 0.275 bits per heavy atom. The lowest BCUT2D eigenvalue weighted by Gasteiger charge is -2.49. The molecular weight excluding hydrogens is 513 g/mol. The summed E-state index contributed by atoms with van der Waals surface area (Å²) in [7, 11) is -5.30. The molecule has 6 rings (SSSR count). The molecule has 0 aliphatic heterocycles. The van der Waals surface area contributed by atoms with Crippen LogP contribution in [0.3, 0.4) is 0 Å². The SMILES string of the molecule is CC([Si](c1ccccc1)(c1ccccc1)c1ccccc1)[Si](c1ccccc1)(c1ccccc1)c1ccccc1. The van der Waals surface area contributed by atoms with Crippen molar-refractivity contribution in [3.05, 3.63) is 182 Å². The summed E-state index contributed by atoms with van der Waals surface area (Å²) in [5.74, 6) is 0. The van der Waals surface area contributed by atoms with Gasteiger partial charge in [0.2, 0.25) is 0 Å². The van der Waals surface area contributed by atoms with E-state index in [2.05, 4.69) is 189 Å². The minimum Gasteiger partial charge on any atom is -0.0654 e. The molecule has 0 saturated carbocycles. The van der Waals surface area contributed by atoms with Crippen molar-refractivity contribution >= 4 is 47.3 Å². The molecular formula is C38H34Si2. The maximum atomic E-state index is 2.58. The monoisotopic (exact) mass is 546 g/mol. The first-order valence-corrected chi connectivity index (χ1v) is 18.3. The van der Waals surface area contributed by atoms with Gasteiger partial charge in [0.25, 0.3) is 0 Å². The Morgan fingerprint density at radius 2 is 0.425 bits per heavy atom. The van der Waals surface area contributed by atoms with Crippen LogP contribution in [0.1, 0.15) is 6.92 Å². The molecule has 0 amide bonds. The van der Waals surface area contributed by atoms with Crippen LogP contribution in [0.25, 0.3) is 0 Å². The molecule has 0 aliphatic carbocycles. The second-order valence-corrected chi connectivity index (χ2v) is 19.5. The normalized spacial score (nSPS) is 11.8. The van der Waals surface area contributed by atoms with Gasteiger partial charge in [-0.25, -0.2) is 0 Å². The van der Waals surface area contributed by atoms with E-state index in [0.29, 0.717) is 5.16 Å². The fourth-order valence-corrected chi connectivity index (χ4v) is 21.9. The maximum absolute atomic E-state index is 2.65. The van der Waals surface area contributed by atoms with Crippen molar-refractivity contribution in [2.45, 2.75) is 12.1 Å². The van der Waals surface area contributed by atoms with Crippen LogP contribution in [0, 0.1) is 0 Å². The number of benzene rings is 6. The average molecular weight is 547 g/mol. The maximum Gasteiger partial charge on any atom is 0.149 e. The van der Waals surface area contributed by atoms with E-state index >= 15 is 0 Å². The zero-order valence-corrected chi connectivity index (χ0v) is 24.9. The summed E-state index contributed by atoms with van der Waals surface area (Å²) in [5.41, 5.74) is 0. The van der Waals surface area contributed by atoms with E-state index in [1.807, 2.05) is 0 Å². The smallest absolute Gasteiger partial charge is 0.0654 e. The number of hydrogen-bond donors (Lipinski definition) is 0. The van der Waals surface area contributed by atoms with Crippen molar-refractivity contribution < 1.29 is 0 Å². The number of hydrogen-bond acceptors (Lipinski definition) is 0. The Labute approximate surface area is 240 Å². The van der Waals surface area contributed by atoms with E-state index in [9.17, 15) is 0 Å². The predicted molar refractivity (Wildman–Crippen MR) is 177 cm³/mol. The van der Waals surface area contributed by atoms with Gasteiger partial charge in [-0.15, -0.1) is 0 Å². The molecule has 40 heavy (non-hydrogen) atoms. The van der Waals surface area contributed by atoms with Crippen LogP contribution in [0.5, 0.6) is 0 Å².